The third-order valence-electron chi connectivity index (χ3n) is 3.50. The minimum Gasteiger partial charge on any atom is -0.461 e. The molecule has 0 aliphatic carbocycles. The van der Waals surface area contributed by atoms with Gasteiger partial charge in [-0.3, -0.25) is 0 Å². The van der Waals surface area contributed by atoms with Crippen LogP contribution in [0.25, 0.3) is 11.4 Å². The van der Waals surface area contributed by atoms with Crippen molar-refractivity contribution in [1.82, 2.24) is 15.2 Å². The van der Waals surface area contributed by atoms with Gasteiger partial charge in [0.05, 0.1) is 6.61 Å². The zero-order chi connectivity index (χ0) is 21.7. The van der Waals surface area contributed by atoms with Gasteiger partial charge in [0.2, 0.25) is 5.69 Å². The fraction of sp³-hybridized carbons (Fsp3) is 0.158. The number of carbonyl (C=O) groups is 1. The maximum atomic E-state index is 12.3. The summed E-state index contributed by atoms with van der Waals surface area (Å²) in [6.45, 7) is 1.72. The molecule has 3 rings (SSSR count). The Morgan fingerprint density at radius 2 is 1.63 bits per heavy atom. The topological polar surface area (TPSA) is 83.4 Å². The van der Waals surface area contributed by atoms with Crippen molar-refractivity contribution in [1.29, 1.82) is 0 Å². The lowest BCUT2D eigenvalue weighted by atomic mass is 10.2. The molecule has 1 aromatic heterocycles. The van der Waals surface area contributed by atoms with Crippen molar-refractivity contribution in [3.8, 4) is 28.8 Å². The highest BCUT2D eigenvalue weighted by Crippen LogP contribution is 2.28. The fourth-order valence-electron chi connectivity index (χ4n) is 2.25. The van der Waals surface area contributed by atoms with Crippen molar-refractivity contribution < 1.29 is 32.2 Å². The zero-order valence-electron chi connectivity index (χ0n) is 15.3. The van der Waals surface area contributed by atoms with Crippen molar-refractivity contribution in [2.75, 3.05) is 6.61 Å². The van der Waals surface area contributed by atoms with E-state index in [1.54, 1.807) is 31.2 Å². The van der Waals surface area contributed by atoms with Crippen molar-refractivity contribution in [3.63, 3.8) is 0 Å². The summed E-state index contributed by atoms with van der Waals surface area (Å²) in [5.41, 5.74) is 0.0703. The lowest BCUT2D eigenvalue weighted by molar-refractivity contribution is -0.274. The van der Waals surface area contributed by atoms with Gasteiger partial charge >= 0.3 is 12.3 Å². The third-order valence-corrected chi connectivity index (χ3v) is 3.75. The van der Waals surface area contributed by atoms with Crippen LogP contribution in [0.1, 0.15) is 17.4 Å². The van der Waals surface area contributed by atoms with E-state index in [1.165, 1.54) is 12.1 Å². The van der Waals surface area contributed by atoms with Gasteiger partial charge in [-0.05, 0) is 55.5 Å². The Morgan fingerprint density at radius 3 is 2.23 bits per heavy atom. The molecule has 3 aromatic rings. The summed E-state index contributed by atoms with van der Waals surface area (Å²) in [7, 11) is 0. The largest absolute Gasteiger partial charge is 0.573 e. The molecule has 2 aromatic carbocycles. The van der Waals surface area contributed by atoms with Gasteiger partial charge in [-0.2, -0.15) is 4.98 Å². The average molecular weight is 440 g/mol. The Balaban J connectivity index is 1.94. The molecule has 0 fully saturated rings. The van der Waals surface area contributed by atoms with Gasteiger partial charge in [0.15, 0.2) is 5.82 Å². The summed E-state index contributed by atoms with van der Waals surface area (Å²) in [6, 6.07) is 11.1. The average Bonchev–Trinajstić information content (AvgIpc) is 2.69. The molecule has 0 unspecified atom stereocenters. The van der Waals surface area contributed by atoms with E-state index in [-0.39, 0.29) is 24.0 Å². The van der Waals surface area contributed by atoms with Crippen molar-refractivity contribution >= 4 is 17.6 Å². The molecular weight excluding hydrogens is 427 g/mol. The fourth-order valence-corrected chi connectivity index (χ4v) is 2.38. The highest BCUT2D eigenvalue weighted by molar-refractivity contribution is 6.30. The second-order valence-corrected chi connectivity index (χ2v) is 6.07. The lowest BCUT2D eigenvalue weighted by Gasteiger charge is -2.11. The van der Waals surface area contributed by atoms with E-state index in [9.17, 15) is 18.0 Å². The minimum absolute atomic E-state index is 0.0190. The summed E-state index contributed by atoms with van der Waals surface area (Å²) in [5, 5.41) is 8.15. The van der Waals surface area contributed by atoms with Crippen LogP contribution in [0.5, 0.6) is 17.4 Å². The maximum Gasteiger partial charge on any atom is 0.573 e. The standard InChI is InChI=1S/C19H13ClF3N3O4/c1-2-28-18(27)15-17(29-13-9-5-12(20)6-10-13)24-16(26-25-15)11-3-7-14(8-4-11)30-19(21,22)23/h3-10H,2H2,1H3. The summed E-state index contributed by atoms with van der Waals surface area (Å²) < 4.78 is 51.3. The molecule has 1 heterocycles. The van der Waals surface area contributed by atoms with E-state index in [4.69, 9.17) is 21.1 Å². The highest BCUT2D eigenvalue weighted by Gasteiger charge is 2.31. The van der Waals surface area contributed by atoms with Gasteiger partial charge in [-0.15, -0.1) is 23.4 Å². The van der Waals surface area contributed by atoms with E-state index in [0.717, 1.165) is 12.1 Å². The lowest BCUT2D eigenvalue weighted by Crippen LogP contribution is -2.17. The van der Waals surface area contributed by atoms with Crippen LogP contribution >= 0.6 is 11.6 Å². The molecule has 11 heteroatoms. The number of alkyl halides is 3. The Morgan fingerprint density at radius 1 is 1.00 bits per heavy atom. The van der Waals surface area contributed by atoms with Crippen LogP contribution in [0.4, 0.5) is 13.2 Å². The minimum atomic E-state index is -4.81. The van der Waals surface area contributed by atoms with E-state index < -0.39 is 18.1 Å². The molecule has 0 saturated heterocycles. The molecule has 0 bridgehead atoms. The first kappa shape index (κ1) is 21.3. The third kappa shape index (κ3) is 5.57. The first-order valence-corrected chi connectivity index (χ1v) is 8.84. The normalized spacial score (nSPS) is 11.1. The molecule has 30 heavy (non-hydrogen) atoms. The summed E-state index contributed by atoms with van der Waals surface area (Å²) in [6.07, 6.45) is -4.81. The molecule has 0 radical (unpaired) electrons. The Labute approximate surface area is 173 Å². The maximum absolute atomic E-state index is 12.3. The predicted octanol–water partition coefficient (Wildman–Crippen LogP) is 5.06. The van der Waals surface area contributed by atoms with Gasteiger partial charge in [0, 0.05) is 10.6 Å². The molecule has 0 aliphatic rings. The molecule has 0 aliphatic heterocycles. The number of hydrogen-bond acceptors (Lipinski definition) is 7. The number of carbonyl (C=O) groups excluding carboxylic acids is 1. The van der Waals surface area contributed by atoms with E-state index in [0.29, 0.717) is 16.3 Å². The van der Waals surface area contributed by atoms with Gasteiger partial charge in [-0.25, -0.2) is 4.79 Å². The van der Waals surface area contributed by atoms with E-state index in [2.05, 4.69) is 19.9 Å². The molecule has 0 atom stereocenters. The quantitative estimate of drug-likeness (QED) is 0.496. The summed E-state index contributed by atoms with van der Waals surface area (Å²) >= 11 is 5.85. The number of rotatable bonds is 6. The molecule has 7 nitrogen and oxygen atoms in total. The number of nitrogens with zero attached hydrogens (tertiary/aromatic N) is 3. The first-order valence-electron chi connectivity index (χ1n) is 8.46. The van der Waals surface area contributed by atoms with E-state index >= 15 is 0 Å². The van der Waals surface area contributed by atoms with Crippen molar-refractivity contribution in [2.24, 2.45) is 0 Å². The first-order chi connectivity index (χ1) is 14.2. The van der Waals surface area contributed by atoms with Crippen molar-refractivity contribution in [2.45, 2.75) is 13.3 Å². The van der Waals surface area contributed by atoms with Crippen LogP contribution in [0.2, 0.25) is 5.02 Å². The second kappa shape index (κ2) is 8.95. The number of hydrogen-bond donors (Lipinski definition) is 0. The van der Waals surface area contributed by atoms with Crippen LogP contribution in [-0.2, 0) is 4.74 Å². The van der Waals surface area contributed by atoms with Gasteiger partial charge in [0.1, 0.15) is 11.5 Å². The van der Waals surface area contributed by atoms with Gasteiger partial charge in [0.25, 0.3) is 5.88 Å². The Bertz CT molecular complexity index is 1030. The summed E-state index contributed by atoms with van der Waals surface area (Å²) in [5.74, 6) is -1.03. The SMILES string of the molecule is CCOC(=O)c1nnc(-c2ccc(OC(F)(F)F)cc2)nc1Oc1ccc(Cl)cc1. The van der Waals surface area contributed by atoms with Crippen molar-refractivity contribution in [3.05, 3.63) is 59.2 Å². The monoisotopic (exact) mass is 439 g/mol. The predicted molar refractivity (Wildman–Crippen MR) is 99.4 cm³/mol. The second-order valence-electron chi connectivity index (χ2n) is 5.64. The number of ether oxygens (including phenoxy) is 3. The number of benzene rings is 2. The number of aromatic nitrogens is 3. The molecule has 0 amide bonds. The van der Waals surface area contributed by atoms with Gasteiger partial charge in [-0.1, -0.05) is 11.6 Å². The number of halogens is 4. The number of esters is 1. The molecule has 0 saturated carbocycles. The van der Waals surface area contributed by atoms with Gasteiger partial charge < -0.3 is 14.2 Å². The van der Waals surface area contributed by atoms with Crippen LogP contribution in [0, 0.1) is 0 Å². The molecular formula is C19H13ClF3N3O4. The Kier molecular flexibility index (Phi) is 6.36. The molecule has 0 spiro atoms. The Hall–Kier alpha value is -3.40. The zero-order valence-corrected chi connectivity index (χ0v) is 16.1. The molecule has 0 N–H and O–H groups in total. The molecule has 156 valence electrons. The van der Waals surface area contributed by atoms with E-state index in [1.807, 2.05) is 0 Å². The van der Waals surface area contributed by atoms with Crippen LogP contribution in [0.3, 0.4) is 0 Å². The van der Waals surface area contributed by atoms with Crippen LogP contribution in [-0.4, -0.2) is 34.1 Å². The van der Waals surface area contributed by atoms with Crippen LogP contribution < -0.4 is 9.47 Å². The summed E-state index contributed by atoms with van der Waals surface area (Å²) in [4.78, 5) is 16.3. The smallest absolute Gasteiger partial charge is 0.461 e. The highest BCUT2D eigenvalue weighted by atomic mass is 35.5. The van der Waals surface area contributed by atoms with Crippen LogP contribution in [0.15, 0.2) is 48.5 Å².